The molecule has 5 nitrogen and oxygen atoms in total. The highest BCUT2D eigenvalue weighted by atomic mass is 32.2. The molecule has 0 aliphatic heterocycles. The van der Waals surface area contributed by atoms with Crippen molar-refractivity contribution >= 4 is 17.5 Å². The first kappa shape index (κ1) is 20.8. The van der Waals surface area contributed by atoms with Crippen LogP contribution in [0.25, 0.3) is 11.4 Å². The number of carbonyl (C=O) groups excluding carboxylic acids is 1. The molecule has 0 N–H and O–H groups in total. The summed E-state index contributed by atoms with van der Waals surface area (Å²) < 4.78 is 2.26. The van der Waals surface area contributed by atoms with E-state index in [-0.39, 0.29) is 5.78 Å². The number of pyridine rings is 1. The van der Waals surface area contributed by atoms with E-state index in [1.54, 1.807) is 6.20 Å². The van der Waals surface area contributed by atoms with E-state index in [4.69, 9.17) is 0 Å². The first-order valence-corrected chi connectivity index (χ1v) is 11.6. The number of Topliss-reactive ketones (excluding diaryl/α,β-unsaturated/α-hetero) is 1. The van der Waals surface area contributed by atoms with Gasteiger partial charge in [0.05, 0.1) is 5.75 Å². The molecule has 1 fully saturated rings. The number of benzene rings is 1. The molecule has 30 heavy (non-hydrogen) atoms. The van der Waals surface area contributed by atoms with Crippen molar-refractivity contribution in [2.24, 2.45) is 5.92 Å². The molecule has 2 atom stereocenters. The summed E-state index contributed by atoms with van der Waals surface area (Å²) in [5, 5.41) is 9.84. The van der Waals surface area contributed by atoms with Gasteiger partial charge in [-0.3, -0.25) is 14.3 Å². The standard InChI is InChI=1S/C24H28N4OS/c1-16-10-11-20(18(3)13-16)22(29)15-30-24-27-26-23(19-8-6-12-25-14-19)28(24)21-9-5-4-7-17(21)2/h6,8,10-14,17,21H,4-5,7,9,15H2,1-3H3/t17-,21-/m1/s1. The number of carbonyl (C=O) groups is 1. The van der Waals surface area contributed by atoms with Gasteiger partial charge in [0.1, 0.15) is 0 Å². The van der Waals surface area contributed by atoms with Crippen LogP contribution in [0.4, 0.5) is 0 Å². The third-order valence-corrected chi connectivity index (χ3v) is 6.94. The molecule has 156 valence electrons. The van der Waals surface area contributed by atoms with Gasteiger partial charge in [0, 0.05) is 29.6 Å². The van der Waals surface area contributed by atoms with Crippen molar-refractivity contribution in [1.82, 2.24) is 19.7 Å². The van der Waals surface area contributed by atoms with Gasteiger partial charge in [-0.2, -0.15) is 0 Å². The Balaban J connectivity index is 1.62. The fraction of sp³-hybridized carbons (Fsp3) is 0.417. The summed E-state index contributed by atoms with van der Waals surface area (Å²) in [6.07, 6.45) is 8.42. The minimum atomic E-state index is 0.131. The van der Waals surface area contributed by atoms with Gasteiger partial charge >= 0.3 is 0 Å². The highest BCUT2D eigenvalue weighted by Gasteiger charge is 2.29. The van der Waals surface area contributed by atoms with Crippen molar-refractivity contribution in [3.8, 4) is 11.4 Å². The van der Waals surface area contributed by atoms with E-state index in [2.05, 4.69) is 32.7 Å². The minimum absolute atomic E-state index is 0.131. The lowest BCUT2D eigenvalue weighted by molar-refractivity contribution is 0.102. The molecule has 0 unspecified atom stereocenters. The Kier molecular flexibility index (Phi) is 6.32. The minimum Gasteiger partial charge on any atom is -0.299 e. The Labute approximate surface area is 182 Å². The van der Waals surface area contributed by atoms with Crippen LogP contribution in [0.2, 0.25) is 0 Å². The zero-order chi connectivity index (χ0) is 21.1. The molecule has 1 saturated carbocycles. The number of thioether (sulfide) groups is 1. The van der Waals surface area contributed by atoms with Gasteiger partial charge in [0.25, 0.3) is 0 Å². The molecule has 0 bridgehead atoms. The molecule has 0 radical (unpaired) electrons. The van der Waals surface area contributed by atoms with E-state index in [9.17, 15) is 4.79 Å². The zero-order valence-electron chi connectivity index (χ0n) is 17.8. The van der Waals surface area contributed by atoms with Gasteiger partial charge < -0.3 is 0 Å². The maximum atomic E-state index is 12.9. The van der Waals surface area contributed by atoms with Crippen molar-refractivity contribution in [1.29, 1.82) is 0 Å². The van der Waals surface area contributed by atoms with Crippen LogP contribution in [0.15, 0.2) is 47.9 Å². The molecule has 1 aliphatic rings. The molecule has 0 spiro atoms. The lowest BCUT2D eigenvalue weighted by Crippen LogP contribution is -2.22. The van der Waals surface area contributed by atoms with E-state index in [1.165, 1.54) is 36.6 Å². The largest absolute Gasteiger partial charge is 0.299 e. The highest BCUT2D eigenvalue weighted by Crippen LogP contribution is 2.39. The first-order valence-electron chi connectivity index (χ1n) is 10.6. The van der Waals surface area contributed by atoms with Gasteiger partial charge in [0.15, 0.2) is 16.8 Å². The molecule has 6 heteroatoms. The van der Waals surface area contributed by atoms with Gasteiger partial charge in [-0.05, 0) is 50.3 Å². The second kappa shape index (κ2) is 9.13. The van der Waals surface area contributed by atoms with Gasteiger partial charge in [0.2, 0.25) is 0 Å². The lowest BCUT2D eigenvalue weighted by Gasteiger charge is -2.31. The van der Waals surface area contributed by atoms with Crippen molar-refractivity contribution < 1.29 is 4.79 Å². The smallest absolute Gasteiger partial charge is 0.192 e. The summed E-state index contributed by atoms with van der Waals surface area (Å²) in [7, 11) is 0. The average molecular weight is 421 g/mol. The van der Waals surface area contributed by atoms with E-state index < -0.39 is 0 Å². The van der Waals surface area contributed by atoms with Gasteiger partial charge in [-0.25, -0.2) is 0 Å². The van der Waals surface area contributed by atoms with Crippen molar-refractivity contribution in [3.05, 3.63) is 59.4 Å². The number of aryl methyl sites for hydroxylation is 2. The van der Waals surface area contributed by atoms with Crippen LogP contribution < -0.4 is 0 Å². The van der Waals surface area contributed by atoms with Crippen LogP contribution in [-0.4, -0.2) is 31.3 Å². The zero-order valence-corrected chi connectivity index (χ0v) is 18.7. The van der Waals surface area contributed by atoms with Crippen LogP contribution in [0.1, 0.15) is 60.1 Å². The fourth-order valence-electron chi connectivity index (χ4n) is 4.38. The molecule has 1 aromatic carbocycles. The SMILES string of the molecule is Cc1ccc(C(=O)CSc2nnc(-c3cccnc3)n2[C@@H]2CCCC[C@H]2C)c(C)c1. The average Bonchev–Trinajstić information content (AvgIpc) is 3.16. The quantitative estimate of drug-likeness (QED) is 0.379. The second-order valence-corrected chi connectivity index (χ2v) is 9.22. The van der Waals surface area contributed by atoms with E-state index in [0.29, 0.717) is 17.7 Å². The molecule has 4 rings (SSSR count). The molecule has 0 saturated heterocycles. The summed E-state index contributed by atoms with van der Waals surface area (Å²) in [4.78, 5) is 17.2. The number of ketones is 1. The number of aromatic nitrogens is 4. The van der Waals surface area contributed by atoms with E-state index in [1.807, 2.05) is 44.3 Å². The van der Waals surface area contributed by atoms with Gasteiger partial charge in [-0.15, -0.1) is 10.2 Å². The summed E-state index contributed by atoms with van der Waals surface area (Å²) in [5.74, 6) is 1.89. The molecule has 2 heterocycles. The molecule has 0 amide bonds. The third-order valence-electron chi connectivity index (χ3n) is 6.00. The lowest BCUT2D eigenvalue weighted by atomic mass is 9.85. The van der Waals surface area contributed by atoms with Crippen LogP contribution in [0.5, 0.6) is 0 Å². The first-order chi connectivity index (χ1) is 14.5. The topological polar surface area (TPSA) is 60.7 Å². The monoisotopic (exact) mass is 420 g/mol. The molecular formula is C24H28N4OS. The Bertz CT molecular complexity index is 1030. The molecule has 3 aromatic rings. The summed E-state index contributed by atoms with van der Waals surface area (Å²) >= 11 is 1.49. The number of rotatable bonds is 6. The van der Waals surface area contributed by atoms with Gasteiger partial charge in [-0.1, -0.05) is 55.3 Å². The van der Waals surface area contributed by atoms with Crippen molar-refractivity contribution in [2.75, 3.05) is 5.75 Å². The highest BCUT2D eigenvalue weighted by molar-refractivity contribution is 7.99. The Morgan fingerprint density at radius 2 is 2.00 bits per heavy atom. The number of hydrogen-bond acceptors (Lipinski definition) is 5. The maximum Gasteiger partial charge on any atom is 0.192 e. The van der Waals surface area contributed by atoms with Crippen molar-refractivity contribution in [2.45, 2.75) is 57.7 Å². The fourth-order valence-corrected chi connectivity index (χ4v) is 5.26. The molecule has 2 aromatic heterocycles. The van der Waals surface area contributed by atoms with Crippen LogP contribution in [0.3, 0.4) is 0 Å². The second-order valence-electron chi connectivity index (χ2n) is 8.28. The Hall–Kier alpha value is -2.47. The Morgan fingerprint density at radius 1 is 1.17 bits per heavy atom. The summed E-state index contributed by atoms with van der Waals surface area (Å²) in [5.41, 5.74) is 3.95. The number of hydrogen-bond donors (Lipinski definition) is 0. The Morgan fingerprint density at radius 3 is 2.73 bits per heavy atom. The van der Waals surface area contributed by atoms with Crippen LogP contribution in [-0.2, 0) is 0 Å². The van der Waals surface area contributed by atoms with Crippen LogP contribution >= 0.6 is 11.8 Å². The predicted molar refractivity (Wildman–Crippen MR) is 121 cm³/mol. The van der Waals surface area contributed by atoms with Crippen LogP contribution in [0, 0.1) is 19.8 Å². The maximum absolute atomic E-state index is 12.9. The normalized spacial score (nSPS) is 19.0. The van der Waals surface area contributed by atoms with E-state index in [0.717, 1.165) is 34.1 Å². The molecular weight excluding hydrogens is 392 g/mol. The summed E-state index contributed by atoms with van der Waals surface area (Å²) in [6.45, 7) is 6.35. The van der Waals surface area contributed by atoms with E-state index >= 15 is 0 Å². The van der Waals surface area contributed by atoms with Crippen molar-refractivity contribution in [3.63, 3.8) is 0 Å². The predicted octanol–water partition coefficient (Wildman–Crippen LogP) is 5.68. The number of nitrogens with zero attached hydrogens (tertiary/aromatic N) is 4. The third kappa shape index (κ3) is 4.33. The summed E-state index contributed by atoms with van der Waals surface area (Å²) in [6, 6.07) is 10.3. The molecule has 1 aliphatic carbocycles.